The van der Waals surface area contributed by atoms with Gasteiger partial charge in [0.15, 0.2) is 11.5 Å². The van der Waals surface area contributed by atoms with Gasteiger partial charge < -0.3 is 5.11 Å². The number of pyridine rings is 1. The Morgan fingerprint density at radius 3 is 2.59 bits per heavy atom. The lowest BCUT2D eigenvalue weighted by Gasteiger charge is -2.43. The zero-order chi connectivity index (χ0) is 22.9. The van der Waals surface area contributed by atoms with Crippen molar-refractivity contribution in [2.75, 3.05) is 6.54 Å². The summed E-state index contributed by atoms with van der Waals surface area (Å²) in [6, 6.07) is 11.6. The van der Waals surface area contributed by atoms with Crippen molar-refractivity contribution in [3.63, 3.8) is 0 Å². The molecular weight excluding hydrogens is 411 g/mol. The van der Waals surface area contributed by atoms with Crippen LogP contribution in [-0.2, 0) is 25.0 Å². The second-order valence-electron chi connectivity index (χ2n) is 8.44. The maximum Gasteiger partial charge on any atom is 0.296 e. The van der Waals surface area contributed by atoms with E-state index in [1.807, 2.05) is 32.0 Å². The van der Waals surface area contributed by atoms with Crippen molar-refractivity contribution in [3.05, 3.63) is 87.6 Å². The Kier molecular flexibility index (Phi) is 5.88. The van der Waals surface area contributed by atoms with Gasteiger partial charge in [-0.2, -0.15) is 0 Å². The van der Waals surface area contributed by atoms with Gasteiger partial charge >= 0.3 is 0 Å². The number of aromatic nitrogens is 3. The molecule has 0 atom stereocenters. The molecule has 1 aliphatic rings. The van der Waals surface area contributed by atoms with Crippen LogP contribution < -0.4 is 5.56 Å². The van der Waals surface area contributed by atoms with Crippen LogP contribution in [-0.4, -0.2) is 36.9 Å². The van der Waals surface area contributed by atoms with Gasteiger partial charge in [0.2, 0.25) is 5.75 Å². The van der Waals surface area contributed by atoms with Gasteiger partial charge in [0, 0.05) is 32.3 Å². The van der Waals surface area contributed by atoms with Crippen molar-refractivity contribution in [2.45, 2.75) is 45.3 Å². The fourth-order valence-corrected chi connectivity index (χ4v) is 4.05. The van der Waals surface area contributed by atoms with Gasteiger partial charge in [0.1, 0.15) is 11.6 Å². The first kappa shape index (κ1) is 21.8. The maximum atomic E-state index is 13.1. The van der Waals surface area contributed by atoms with Crippen LogP contribution in [0.15, 0.2) is 53.5 Å². The Labute approximate surface area is 185 Å². The minimum atomic E-state index is -0.658. The smallest absolute Gasteiger partial charge is 0.296 e. The highest BCUT2D eigenvalue weighted by Crippen LogP contribution is 2.32. The average molecular weight is 436 g/mol. The third-order valence-electron chi connectivity index (χ3n) is 5.97. The number of benzene rings is 1. The number of hydrogen-bond donors (Lipinski definition) is 1. The number of aromatic hydroxyl groups is 1. The van der Waals surface area contributed by atoms with Crippen molar-refractivity contribution in [3.8, 4) is 5.75 Å². The molecule has 0 saturated heterocycles. The van der Waals surface area contributed by atoms with Crippen LogP contribution in [0.25, 0.3) is 0 Å². The van der Waals surface area contributed by atoms with E-state index in [-0.39, 0.29) is 17.9 Å². The van der Waals surface area contributed by atoms with Crippen LogP contribution in [0.3, 0.4) is 0 Å². The van der Waals surface area contributed by atoms with Crippen molar-refractivity contribution in [1.29, 1.82) is 0 Å². The summed E-state index contributed by atoms with van der Waals surface area (Å²) in [7, 11) is 0. The van der Waals surface area contributed by atoms with Crippen molar-refractivity contribution < 1.29 is 14.3 Å². The van der Waals surface area contributed by atoms with E-state index in [0.29, 0.717) is 31.9 Å². The summed E-state index contributed by atoms with van der Waals surface area (Å²) in [5.74, 6) is -0.955. The predicted molar refractivity (Wildman–Crippen MR) is 117 cm³/mol. The Morgan fingerprint density at radius 1 is 1.16 bits per heavy atom. The normalized spacial score (nSPS) is 15.3. The van der Waals surface area contributed by atoms with Crippen LogP contribution in [0.1, 0.15) is 47.8 Å². The first-order valence-corrected chi connectivity index (χ1v) is 10.5. The maximum absolute atomic E-state index is 13.1. The summed E-state index contributed by atoms with van der Waals surface area (Å²) in [5.41, 5.74) is 0.206. The molecule has 0 spiro atoms. The molecule has 0 fully saturated rings. The molecule has 0 saturated carbocycles. The van der Waals surface area contributed by atoms with Gasteiger partial charge in [-0.3, -0.25) is 24.0 Å². The molecule has 1 aliphatic heterocycles. The molecule has 32 heavy (non-hydrogen) atoms. The third-order valence-corrected chi connectivity index (χ3v) is 5.97. The van der Waals surface area contributed by atoms with Crippen molar-refractivity contribution in [2.24, 2.45) is 0 Å². The summed E-state index contributed by atoms with van der Waals surface area (Å²) in [6.07, 6.45) is 2.14. The minimum absolute atomic E-state index is 0.0488. The number of hydrogen-bond acceptors (Lipinski definition) is 6. The summed E-state index contributed by atoms with van der Waals surface area (Å²) >= 11 is 0. The zero-order valence-corrected chi connectivity index (χ0v) is 18.1. The Hall–Kier alpha value is -3.39. The quantitative estimate of drug-likeness (QED) is 0.598. The van der Waals surface area contributed by atoms with Gasteiger partial charge in [-0.25, -0.2) is 9.37 Å². The lowest BCUT2D eigenvalue weighted by molar-refractivity contribution is 0.0638. The number of halogens is 1. The van der Waals surface area contributed by atoms with Gasteiger partial charge in [0.05, 0.1) is 11.2 Å². The van der Waals surface area contributed by atoms with E-state index in [0.717, 1.165) is 11.3 Å². The first-order chi connectivity index (χ1) is 15.3. The monoisotopic (exact) mass is 436 g/mol. The Balaban J connectivity index is 1.62. The summed E-state index contributed by atoms with van der Waals surface area (Å²) in [4.78, 5) is 36.7. The van der Waals surface area contributed by atoms with Crippen molar-refractivity contribution in [1.82, 2.24) is 19.4 Å². The molecule has 3 heterocycles. The number of nitrogens with zero attached hydrogens (tertiary/aromatic N) is 4. The van der Waals surface area contributed by atoms with Crippen LogP contribution in [0, 0.1) is 5.82 Å². The van der Waals surface area contributed by atoms with Crippen LogP contribution in [0.4, 0.5) is 4.39 Å². The fraction of sp³-hybridized carbons (Fsp3) is 0.333. The molecule has 1 N–H and O–H groups in total. The van der Waals surface area contributed by atoms with E-state index in [9.17, 15) is 19.1 Å². The summed E-state index contributed by atoms with van der Waals surface area (Å²) in [6.45, 7) is 5.39. The number of ketones is 1. The summed E-state index contributed by atoms with van der Waals surface area (Å²) < 4.78 is 14.5. The molecule has 0 unspecified atom stereocenters. The highest BCUT2D eigenvalue weighted by Gasteiger charge is 2.38. The highest BCUT2D eigenvalue weighted by molar-refractivity contribution is 5.96. The minimum Gasteiger partial charge on any atom is -0.501 e. The molecule has 1 aromatic carbocycles. The Morgan fingerprint density at radius 2 is 1.91 bits per heavy atom. The second kappa shape index (κ2) is 8.63. The molecule has 0 amide bonds. The second-order valence-corrected chi connectivity index (χ2v) is 8.44. The van der Waals surface area contributed by atoms with Crippen LogP contribution >= 0.6 is 0 Å². The number of carbonyl (C=O) groups excluding carboxylic acids is 1. The topological polar surface area (TPSA) is 88.3 Å². The third kappa shape index (κ3) is 4.18. The number of rotatable bonds is 6. The SMILES string of the molecule is CC1(C)c2nc(C(=O)CCc3ccc(F)cc3)c(O)c(=O)n2CCN1Cc1ccccn1. The van der Waals surface area contributed by atoms with Crippen LogP contribution in [0.5, 0.6) is 5.75 Å². The molecule has 4 rings (SSSR count). The van der Waals surface area contributed by atoms with E-state index in [1.54, 1.807) is 18.3 Å². The molecule has 7 nitrogen and oxygen atoms in total. The van der Waals surface area contributed by atoms with Crippen molar-refractivity contribution >= 4 is 5.78 Å². The lowest BCUT2D eigenvalue weighted by Crippen LogP contribution is -2.52. The molecule has 0 radical (unpaired) electrons. The van der Waals surface area contributed by atoms with E-state index in [1.165, 1.54) is 16.7 Å². The molecule has 2 aromatic heterocycles. The van der Waals surface area contributed by atoms with E-state index < -0.39 is 22.6 Å². The molecule has 8 heteroatoms. The van der Waals surface area contributed by atoms with Gasteiger partial charge in [-0.05, 0) is 50.1 Å². The van der Waals surface area contributed by atoms with E-state index >= 15 is 0 Å². The van der Waals surface area contributed by atoms with Gasteiger partial charge in [-0.15, -0.1) is 0 Å². The highest BCUT2D eigenvalue weighted by atomic mass is 19.1. The molecule has 166 valence electrons. The zero-order valence-electron chi connectivity index (χ0n) is 18.1. The number of aryl methyl sites for hydroxylation is 1. The first-order valence-electron chi connectivity index (χ1n) is 10.5. The average Bonchev–Trinajstić information content (AvgIpc) is 2.78. The van der Waals surface area contributed by atoms with Crippen LogP contribution in [0.2, 0.25) is 0 Å². The van der Waals surface area contributed by atoms with Gasteiger partial charge in [0.25, 0.3) is 5.56 Å². The Bertz CT molecular complexity index is 1190. The molecule has 0 bridgehead atoms. The number of fused-ring (bicyclic) bond motifs is 1. The molecule has 0 aliphatic carbocycles. The number of Topliss-reactive ketones (excluding diaryl/α,β-unsaturated/α-hetero) is 1. The molecule has 3 aromatic rings. The fourth-order valence-electron chi connectivity index (χ4n) is 4.05. The summed E-state index contributed by atoms with van der Waals surface area (Å²) in [5, 5.41) is 10.4. The molecular formula is C24H25FN4O3. The predicted octanol–water partition coefficient (Wildman–Crippen LogP) is 3.05. The van der Waals surface area contributed by atoms with Gasteiger partial charge in [-0.1, -0.05) is 18.2 Å². The van der Waals surface area contributed by atoms with E-state index in [4.69, 9.17) is 0 Å². The lowest BCUT2D eigenvalue weighted by atomic mass is 9.97. The standard InChI is InChI=1S/C24H25FN4O3/c1-24(2)23-27-20(19(30)11-8-16-6-9-17(25)10-7-16)21(31)22(32)29(23)14-13-28(24)15-18-5-3-4-12-26-18/h3-7,9-10,12,31H,8,11,13-15H2,1-2H3. The number of carbonyl (C=O) groups is 1. The largest absolute Gasteiger partial charge is 0.501 e. The van der Waals surface area contributed by atoms with E-state index in [2.05, 4.69) is 14.9 Å².